The third-order valence-corrected chi connectivity index (χ3v) is 1.71. The SMILES string of the molecule is C#CCC(NC(=O)NC(C)(C)C#C)C(=O)O. The van der Waals surface area contributed by atoms with E-state index in [0.29, 0.717) is 0 Å². The van der Waals surface area contributed by atoms with E-state index >= 15 is 0 Å². The number of amides is 2. The maximum Gasteiger partial charge on any atom is 0.327 e. The summed E-state index contributed by atoms with van der Waals surface area (Å²) in [6.45, 7) is 3.23. The van der Waals surface area contributed by atoms with Crippen molar-refractivity contribution < 1.29 is 14.7 Å². The molecule has 3 N–H and O–H groups in total. The summed E-state index contributed by atoms with van der Waals surface area (Å²) < 4.78 is 0. The molecule has 0 aromatic rings. The van der Waals surface area contributed by atoms with Gasteiger partial charge in [0.05, 0.1) is 5.54 Å². The molecular formula is C11H14N2O3. The Morgan fingerprint density at radius 3 is 2.38 bits per heavy atom. The van der Waals surface area contributed by atoms with E-state index in [9.17, 15) is 9.59 Å². The van der Waals surface area contributed by atoms with Gasteiger partial charge in [-0.15, -0.1) is 18.8 Å². The van der Waals surface area contributed by atoms with Gasteiger partial charge in [0.2, 0.25) is 0 Å². The number of carboxylic acids is 1. The van der Waals surface area contributed by atoms with Crippen molar-refractivity contribution in [3.8, 4) is 24.7 Å². The molecule has 16 heavy (non-hydrogen) atoms. The van der Waals surface area contributed by atoms with Crippen molar-refractivity contribution in [1.29, 1.82) is 0 Å². The van der Waals surface area contributed by atoms with Crippen molar-refractivity contribution in [2.75, 3.05) is 0 Å². The second-order valence-electron chi connectivity index (χ2n) is 3.67. The van der Waals surface area contributed by atoms with E-state index in [1.54, 1.807) is 13.8 Å². The Morgan fingerprint density at radius 1 is 1.44 bits per heavy atom. The van der Waals surface area contributed by atoms with E-state index < -0.39 is 23.6 Å². The second-order valence-corrected chi connectivity index (χ2v) is 3.67. The van der Waals surface area contributed by atoms with Crippen LogP contribution >= 0.6 is 0 Å². The summed E-state index contributed by atoms with van der Waals surface area (Å²) >= 11 is 0. The highest BCUT2D eigenvalue weighted by molar-refractivity contribution is 5.83. The number of hydrogen-bond donors (Lipinski definition) is 3. The van der Waals surface area contributed by atoms with Crippen molar-refractivity contribution in [3.63, 3.8) is 0 Å². The average molecular weight is 222 g/mol. The Morgan fingerprint density at radius 2 is 2.00 bits per heavy atom. The minimum atomic E-state index is -1.19. The Bertz CT molecular complexity index is 360. The number of carbonyl (C=O) groups excluding carboxylic acids is 1. The molecule has 0 bridgehead atoms. The smallest absolute Gasteiger partial charge is 0.327 e. The van der Waals surface area contributed by atoms with E-state index in [1.165, 1.54) is 0 Å². The van der Waals surface area contributed by atoms with Crippen molar-refractivity contribution in [3.05, 3.63) is 0 Å². The molecule has 0 saturated carbocycles. The van der Waals surface area contributed by atoms with E-state index in [4.69, 9.17) is 18.0 Å². The lowest BCUT2D eigenvalue weighted by Crippen LogP contribution is -2.52. The lowest BCUT2D eigenvalue weighted by atomic mass is 10.1. The molecular weight excluding hydrogens is 208 g/mol. The Balaban J connectivity index is 4.39. The summed E-state index contributed by atoms with van der Waals surface area (Å²) in [5, 5.41) is 13.4. The number of carboxylic acid groups (broad SMARTS) is 1. The average Bonchev–Trinajstić information content (AvgIpc) is 2.16. The number of aliphatic carboxylic acids is 1. The Labute approximate surface area is 94.6 Å². The Hall–Kier alpha value is -2.14. The van der Waals surface area contributed by atoms with Crippen LogP contribution in [-0.2, 0) is 4.79 Å². The summed E-state index contributed by atoms with van der Waals surface area (Å²) in [7, 11) is 0. The predicted octanol–water partition coefficient (Wildman–Crippen LogP) is 0.174. The lowest BCUT2D eigenvalue weighted by molar-refractivity contribution is -0.139. The summed E-state index contributed by atoms with van der Waals surface area (Å²) in [5.41, 5.74) is -0.844. The molecule has 0 aromatic carbocycles. The minimum absolute atomic E-state index is 0.0841. The number of terminal acetylenes is 2. The maximum atomic E-state index is 11.4. The first kappa shape index (κ1) is 13.9. The molecule has 0 spiro atoms. The van der Waals surface area contributed by atoms with Crippen LogP contribution in [0.1, 0.15) is 20.3 Å². The molecule has 0 radical (unpaired) electrons. The minimum Gasteiger partial charge on any atom is -0.480 e. The first-order valence-corrected chi connectivity index (χ1v) is 4.55. The lowest BCUT2D eigenvalue weighted by Gasteiger charge is -2.21. The standard InChI is InChI=1S/C11H14N2O3/c1-5-7-8(9(14)15)12-10(16)13-11(3,4)6-2/h1-2,8H,7H2,3-4H3,(H,14,15)(H2,12,13,16). The van der Waals surface area contributed by atoms with Gasteiger partial charge in [0, 0.05) is 6.42 Å². The molecule has 0 aliphatic carbocycles. The number of hydrogen-bond acceptors (Lipinski definition) is 2. The van der Waals surface area contributed by atoms with Crippen LogP contribution in [-0.4, -0.2) is 28.7 Å². The fourth-order valence-electron chi connectivity index (χ4n) is 0.832. The van der Waals surface area contributed by atoms with Crippen LogP contribution in [0.5, 0.6) is 0 Å². The first-order valence-electron chi connectivity index (χ1n) is 4.55. The number of nitrogens with one attached hydrogen (secondary N) is 2. The summed E-state index contributed by atoms with van der Waals surface area (Å²) in [5.74, 6) is 3.33. The molecule has 0 saturated heterocycles. The third-order valence-electron chi connectivity index (χ3n) is 1.71. The molecule has 0 aromatic heterocycles. The van der Waals surface area contributed by atoms with Crippen molar-refractivity contribution in [1.82, 2.24) is 10.6 Å². The van der Waals surface area contributed by atoms with E-state index in [1.807, 2.05) is 0 Å². The van der Waals surface area contributed by atoms with E-state index in [2.05, 4.69) is 22.5 Å². The largest absolute Gasteiger partial charge is 0.480 e. The monoisotopic (exact) mass is 222 g/mol. The zero-order valence-electron chi connectivity index (χ0n) is 9.20. The van der Waals surface area contributed by atoms with Crippen LogP contribution in [0.4, 0.5) is 4.79 Å². The van der Waals surface area contributed by atoms with Crippen molar-refractivity contribution in [2.24, 2.45) is 0 Å². The number of carbonyl (C=O) groups is 2. The van der Waals surface area contributed by atoms with Crippen LogP contribution in [0.3, 0.4) is 0 Å². The van der Waals surface area contributed by atoms with Gasteiger partial charge in [-0.3, -0.25) is 0 Å². The van der Waals surface area contributed by atoms with Gasteiger partial charge in [0.15, 0.2) is 0 Å². The van der Waals surface area contributed by atoms with Gasteiger partial charge in [0.25, 0.3) is 0 Å². The van der Waals surface area contributed by atoms with Gasteiger partial charge in [-0.05, 0) is 13.8 Å². The maximum absolute atomic E-state index is 11.4. The normalized spacial score (nSPS) is 11.8. The predicted molar refractivity (Wildman–Crippen MR) is 59.5 cm³/mol. The van der Waals surface area contributed by atoms with Crippen LogP contribution < -0.4 is 10.6 Å². The zero-order valence-corrected chi connectivity index (χ0v) is 9.20. The molecule has 1 atom stereocenters. The highest BCUT2D eigenvalue weighted by atomic mass is 16.4. The molecule has 5 nitrogen and oxygen atoms in total. The van der Waals surface area contributed by atoms with E-state index in [0.717, 1.165) is 0 Å². The van der Waals surface area contributed by atoms with Crippen LogP contribution in [0.25, 0.3) is 0 Å². The highest BCUT2D eigenvalue weighted by Gasteiger charge is 2.22. The summed E-state index contributed by atoms with van der Waals surface area (Å²) in [4.78, 5) is 22.0. The van der Waals surface area contributed by atoms with Gasteiger partial charge in [-0.1, -0.05) is 5.92 Å². The van der Waals surface area contributed by atoms with Gasteiger partial charge >= 0.3 is 12.0 Å². The van der Waals surface area contributed by atoms with Crippen molar-refractivity contribution >= 4 is 12.0 Å². The van der Waals surface area contributed by atoms with E-state index in [-0.39, 0.29) is 6.42 Å². The molecule has 0 heterocycles. The van der Waals surface area contributed by atoms with Gasteiger partial charge in [-0.2, -0.15) is 0 Å². The van der Waals surface area contributed by atoms with Gasteiger partial charge in [0.1, 0.15) is 6.04 Å². The highest BCUT2D eigenvalue weighted by Crippen LogP contribution is 1.99. The fourth-order valence-corrected chi connectivity index (χ4v) is 0.832. The topological polar surface area (TPSA) is 78.4 Å². The number of rotatable bonds is 4. The molecule has 0 fully saturated rings. The van der Waals surface area contributed by atoms with Gasteiger partial charge in [-0.25, -0.2) is 9.59 Å². The molecule has 5 heteroatoms. The molecule has 0 rings (SSSR count). The molecule has 0 aliphatic heterocycles. The van der Waals surface area contributed by atoms with Gasteiger partial charge < -0.3 is 15.7 Å². The second kappa shape index (κ2) is 5.67. The fraction of sp³-hybridized carbons (Fsp3) is 0.455. The Kier molecular flexibility index (Phi) is 4.91. The summed E-state index contributed by atoms with van der Waals surface area (Å²) in [6, 6.07) is -1.77. The quantitative estimate of drug-likeness (QED) is 0.593. The van der Waals surface area contributed by atoms with Crippen molar-refractivity contribution in [2.45, 2.75) is 31.8 Å². The molecule has 86 valence electrons. The molecule has 1 unspecified atom stereocenters. The van der Waals surface area contributed by atoms with Crippen LogP contribution in [0.15, 0.2) is 0 Å². The zero-order chi connectivity index (χ0) is 12.8. The van der Waals surface area contributed by atoms with Crippen LogP contribution in [0.2, 0.25) is 0 Å². The number of urea groups is 1. The molecule has 0 aliphatic rings. The third kappa shape index (κ3) is 4.92. The first-order chi connectivity index (χ1) is 7.32. The van der Waals surface area contributed by atoms with Crippen LogP contribution in [0, 0.1) is 24.7 Å². The summed E-state index contributed by atoms with van der Waals surface area (Å²) in [6.07, 6.45) is 10.1. The molecule has 2 amide bonds.